The van der Waals surface area contributed by atoms with Crippen LogP contribution in [0, 0.1) is 11.7 Å². The Balaban J connectivity index is 1.87. The topological polar surface area (TPSA) is 72.7 Å². The average Bonchev–Trinajstić information content (AvgIpc) is 2.92. The molecule has 23 heavy (non-hydrogen) atoms. The van der Waals surface area contributed by atoms with E-state index in [0.29, 0.717) is 24.2 Å². The molecular weight excluding hydrogens is 317 g/mol. The van der Waals surface area contributed by atoms with Gasteiger partial charge in [0.2, 0.25) is 11.1 Å². The Labute approximate surface area is 138 Å². The molecule has 2 aromatic rings. The molecule has 1 N–H and O–H groups in total. The summed E-state index contributed by atoms with van der Waals surface area (Å²) in [4.78, 5) is 12.2. The van der Waals surface area contributed by atoms with Crippen LogP contribution in [0.4, 0.5) is 4.39 Å². The van der Waals surface area contributed by atoms with Crippen molar-refractivity contribution in [3.05, 3.63) is 35.6 Å². The SMILES string of the molecule is CC(C)Cn1nnnc1SC(C)C(=O)NCc1ccc(F)cc1. The molecule has 1 aromatic heterocycles. The van der Waals surface area contributed by atoms with Crippen LogP contribution in [0.15, 0.2) is 29.4 Å². The van der Waals surface area contributed by atoms with Crippen molar-refractivity contribution in [3.8, 4) is 0 Å². The van der Waals surface area contributed by atoms with Gasteiger partial charge >= 0.3 is 0 Å². The van der Waals surface area contributed by atoms with Crippen molar-refractivity contribution in [3.63, 3.8) is 0 Å². The van der Waals surface area contributed by atoms with Crippen LogP contribution in [0.2, 0.25) is 0 Å². The Kier molecular flexibility index (Phi) is 6.09. The highest BCUT2D eigenvalue weighted by molar-refractivity contribution is 8.00. The molecule has 1 amide bonds. The van der Waals surface area contributed by atoms with Crippen LogP contribution in [-0.4, -0.2) is 31.4 Å². The number of carbonyl (C=O) groups is 1. The zero-order valence-electron chi connectivity index (χ0n) is 13.4. The van der Waals surface area contributed by atoms with Crippen LogP contribution in [0.5, 0.6) is 0 Å². The summed E-state index contributed by atoms with van der Waals surface area (Å²) < 4.78 is 14.5. The van der Waals surface area contributed by atoms with Gasteiger partial charge < -0.3 is 5.32 Å². The Bertz CT molecular complexity index is 644. The maximum atomic E-state index is 12.8. The molecular formula is C15H20FN5OS. The summed E-state index contributed by atoms with van der Waals surface area (Å²) in [6.45, 7) is 7.03. The summed E-state index contributed by atoms with van der Waals surface area (Å²) in [6.07, 6.45) is 0. The molecule has 1 aromatic carbocycles. The van der Waals surface area contributed by atoms with Gasteiger partial charge in [-0.05, 0) is 41.0 Å². The molecule has 8 heteroatoms. The molecule has 0 aliphatic heterocycles. The third kappa shape index (κ3) is 5.31. The zero-order chi connectivity index (χ0) is 16.8. The molecule has 0 aliphatic carbocycles. The lowest BCUT2D eigenvalue weighted by atomic mass is 10.2. The van der Waals surface area contributed by atoms with E-state index in [-0.39, 0.29) is 17.0 Å². The van der Waals surface area contributed by atoms with Gasteiger partial charge in [-0.3, -0.25) is 4.79 Å². The van der Waals surface area contributed by atoms with Gasteiger partial charge in [0.25, 0.3) is 0 Å². The largest absolute Gasteiger partial charge is 0.351 e. The quantitative estimate of drug-likeness (QED) is 0.785. The Morgan fingerprint density at radius 3 is 2.65 bits per heavy atom. The summed E-state index contributed by atoms with van der Waals surface area (Å²) in [6, 6.07) is 6.05. The van der Waals surface area contributed by atoms with Crippen molar-refractivity contribution in [2.45, 2.75) is 44.3 Å². The minimum atomic E-state index is -0.327. The molecule has 1 heterocycles. The molecule has 0 spiro atoms. The Hall–Kier alpha value is -1.96. The maximum absolute atomic E-state index is 12.8. The summed E-state index contributed by atoms with van der Waals surface area (Å²) >= 11 is 1.32. The second kappa shape index (κ2) is 8.05. The Morgan fingerprint density at radius 1 is 1.30 bits per heavy atom. The molecule has 1 atom stereocenters. The molecule has 124 valence electrons. The van der Waals surface area contributed by atoms with E-state index in [9.17, 15) is 9.18 Å². The van der Waals surface area contributed by atoms with Crippen molar-refractivity contribution in [1.82, 2.24) is 25.5 Å². The molecule has 0 aliphatic rings. The van der Waals surface area contributed by atoms with Gasteiger partial charge in [-0.2, -0.15) is 0 Å². The van der Waals surface area contributed by atoms with Crippen molar-refractivity contribution < 1.29 is 9.18 Å². The van der Waals surface area contributed by atoms with Gasteiger partial charge in [0, 0.05) is 13.1 Å². The molecule has 0 saturated heterocycles. The van der Waals surface area contributed by atoms with E-state index in [1.165, 1.54) is 23.9 Å². The number of amides is 1. The highest BCUT2D eigenvalue weighted by Gasteiger charge is 2.18. The normalized spacial score (nSPS) is 12.4. The van der Waals surface area contributed by atoms with Crippen LogP contribution in [-0.2, 0) is 17.9 Å². The predicted octanol–water partition coefficient (Wildman–Crippen LogP) is 2.27. The fraction of sp³-hybridized carbons (Fsp3) is 0.467. The summed E-state index contributed by atoms with van der Waals surface area (Å²) in [7, 11) is 0. The van der Waals surface area contributed by atoms with Gasteiger partial charge in [0.15, 0.2) is 0 Å². The number of nitrogens with zero attached hydrogens (tertiary/aromatic N) is 4. The van der Waals surface area contributed by atoms with Crippen molar-refractivity contribution in [2.75, 3.05) is 0 Å². The van der Waals surface area contributed by atoms with Crippen molar-refractivity contribution in [2.24, 2.45) is 5.92 Å². The van der Waals surface area contributed by atoms with Gasteiger partial charge in [-0.25, -0.2) is 9.07 Å². The van der Waals surface area contributed by atoms with E-state index < -0.39 is 0 Å². The second-order valence-corrected chi connectivity index (χ2v) is 6.95. The van der Waals surface area contributed by atoms with E-state index >= 15 is 0 Å². The number of hydrogen-bond acceptors (Lipinski definition) is 5. The molecule has 0 radical (unpaired) electrons. The monoisotopic (exact) mass is 337 g/mol. The molecule has 2 rings (SSSR count). The number of carbonyl (C=O) groups excluding carboxylic acids is 1. The third-order valence-corrected chi connectivity index (χ3v) is 4.14. The van der Waals surface area contributed by atoms with E-state index in [1.54, 1.807) is 23.7 Å². The highest BCUT2D eigenvalue weighted by Crippen LogP contribution is 2.21. The fourth-order valence-corrected chi connectivity index (χ4v) is 2.71. The van der Waals surface area contributed by atoms with Gasteiger partial charge in [0.1, 0.15) is 5.82 Å². The summed E-state index contributed by atoms with van der Waals surface area (Å²) in [5, 5.41) is 14.7. The first-order valence-corrected chi connectivity index (χ1v) is 8.28. The lowest BCUT2D eigenvalue weighted by Gasteiger charge is -2.12. The lowest BCUT2D eigenvalue weighted by Crippen LogP contribution is -2.30. The fourth-order valence-electron chi connectivity index (χ4n) is 1.89. The van der Waals surface area contributed by atoms with Gasteiger partial charge in [-0.1, -0.05) is 37.7 Å². The average molecular weight is 337 g/mol. The standard InChI is InChI=1S/C15H20FN5OS/c1-10(2)9-21-15(18-19-20-21)23-11(3)14(22)17-8-12-4-6-13(16)7-5-12/h4-7,10-11H,8-9H2,1-3H3,(H,17,22). The summed E-state index contributed by atoms with van der Waals surface area (Å²) in [5.74, 6) is 0.0138. The third-order valence-electron chi connectivity index (χ3n) is 3.07. The minimum Gasteiger partial charge on any atom is -0.351 e. The number of thioether (sulfide) groups is 1. The van der Waals surface area contributed by atoms with Crippen LogP contribution < -0.4 is 5.32 Å². The number of halogens is 1. The van der Waals surface area contributed by atoms with Crippen molar-refractivity contribution >= 4 is 17.7 Å². The van der Waals surface area contributed by atoms with Gasteiger partial charge in [-0.15, -0.1) is 5.10 Å². The number of benzene rings is 1. The maximum Gasteiger partial charge on any atom is 0.233 e. The molecule has 1 unspecified atom stereocenters. The van der Waals surface area contributed by atoms with E-state index in [4.69, 9.17) is 0 Å². The first-order chi connectivity index (χ1) is 11.0. The minimum absolute atomic E-state index is 0.113. The first kappa shape index (κ1) is 17.4. The number of tetrazole rings is 1. The van der Waals surface area contributed by atoms with Gasteiger partial charge in [0.05, 0.1) is 5.25 Å². The summed E-state index contributed by atoms with van der Waals surface area (Å²) in [5.41, 5.74) is 0.849. The number of aromatic nitrogens is 4. The van der Waals surface area contributed by atoms with E-state index in [1.807, 2.05) is 0 Å². The first-order valence-electron chi connectivity index (χ1n) is 7.40. The van der Waals surface area contributed by atoms with Crippen LogP contribution in [0.25, 0.3) is 0 Å². The number of rotatable bonds is 7. The predicted molar refractivity (Wildman–Crippen MR) is 86.2 cm³/mol. The lowest BCUT2D eigenvalue weighted by molar-refractivity contribution is -0.120. The van der Waals surface area contributed by atoms with Crippen LogP contribution in [0.3, 0.4) is 0 Å². The second-order valence-electron chi connectivity index (χ2n) is 5.64. The van der Waals surface area contributed by atoms with E-state index in [0.717, 1.165) is 5.56 Å². The molecule has 0 fully saturated rings. The van der Waals surface area contributed by atoms with Crippen LogP contribution >= 0.6 is 11.8 Å². The highest BCUT2D eigenvalue weighted by atomic mass is 32.2. The molecule has 0 bridgehead atoms. The smallest absolute Gasteiger partial charge is 0.233 e. The number of nitrogens with one attached hydrogen (secondary N) is 1. The van der Waals surface area contributed by atoms with Crippen LogP contribution in [0.1, 0.15) is 26.3 Å². The van der Waals surface area contributed by atoms with Crippen molar-refractivity contribution in [1.29, 1.82) is 0 Å². The molecule has 6 nitrogen and oxygen atoms in total. The molecule has 0 saturated carbocycles. The number of hydrogen-bond donors (Lipinski definition) is 1. The van der Waals surface area contributed by atoms with E-state index in [2.05, 4.69) is 34.7 Å². The zero-order valence-corrected chi connectivity index (χ0v) is 14.2. The Morgan fingerprint density at radius 2 is 2.00 bits per heavy atom.